The largest absolute Gasteiger partial charge is 0.359 e. The van der Waals surface area contributed by atoms with E-state index in [-0.39, 0.29) is 0 Å². The minimum absolute atomic E-state index is 0.870. The van der Waals surface area contributed by atoms with Crippen LogP contribution < -0.4 is 0 Å². The average molecular weight is 293 g/mol. The molecule has 3 rings (SSSR count). The first-order chi connectivity index (χ1) is 8.13. The lowest BCUT2D eigenvalue weighted by molar-refractivity contribution is 0.484. The van der Waals surface area contributed by atoms with Crippen LogP contribution in [0.4, 0.5) is 0 Å². The van der Waals surface area contributed by atoms with E-state index in [0.717, 1.165) is 35.1 Å². The topological polar surface area (TPSA) is 31.2 Å². The Labute approximate surface area is 109 Å². The van der Waals surface area contributed by atoms with Gasteiger partial charge in [0.15, 0.2) is 5.82 Å². The Morgan fingerprint density at radius 3 is 2.88 bits per heavy atom. The zero-order valence-corrected chi connectivity index (χ0v) is 11.4. The van der Waals surface area contributed by atoms with Gasteiger partial charge in [-0.05, 0) is 35.0 Å². The van der Waals surface area contributed by atoms with E-state index in [9.17, 15) is 0 Å². The van der Waals surface area contributed by atoms with Gasteiger partial charge >= 0.3 is 0 Å². The number of rotatable bonds is 0. The van der Waals surface area contributed by atoms with Crippen LogP contribution in [0.25, 0.3) is 0 Å². The molecule has 0 N–H and O–H groups in total. The smallest absolute Gasteiger partial charge is 0.159 e. The molecule has 88 valence electrons. The molecule has 0 atom stereocenters. The Morgan fingerprint density at radius 2 is 2.06 bits per heavy atom. The number of amidine groups is 2. The van der Waals surface area contributed by atoms with Crippen LogP contribution in [0.1, 0.15) is 6.92 Å². The summed E-state index contributed by atoms with van der Waals surface area (Å²) >= 11 is 3.48. The van der Waals surface area contributed by atoms with Crippen LogP contribution in [-0.2, 0) is 0 Å². The molecule has 4 nitrogen and oxygen atoms in total. The Hall–Kier alpha value is -1.36. The van der Waals surface area contributed by atoms with Crippen molar-refractivity contribution in [3.8, 4) is 0 Å². The third-order valence-corrected chi connectivity index (χ3v) is 3.58. The molecular formula is C12H13BrN4. The second-order valence-electron chi connectivity index (χ2n) is 4.39. The maximum Gasteiger partial charge on any atom is 0.159 e. The third-order valence-electron chi connectivity index (χ3n) is 3.11. The summed E-state index contributed by atoms with van der Waals surface area (Å²) in [6.07, 6.45) is 6.08. The standard InChI is InChI=1S/C12H13BrN4/c1-8-14-12-9(5-16(8)2)6-17-7-10(13)3-4-11(17)15-12/h3-4,7H,5-6H2,1-2H3. The Bertz CT molecular complexity index is 525. The highest BCUT2D eigenvalue weighted by molar-refractivity contribution is 9.11. The summed E-state index contributed by atoms with van der Waals surface area (Å²) in [4.78, 5) is 13.4. The summed E-state index contributed by atoms with van der Waals surface area (Å²) in [5.41, 5.74) is 1.27. The van der Waals surface area contributed by atoms with E-state index >= 15 is 0 Å². The molecule has 17 heavy (non-hydrogen) atoms. The predicted molar refractivity (Wildman–Crippen MR) is 73.1 cm³/mol. The lowest BCUT2D eigenvalue weighted by atomic mass is 10.1. The highest BCUT2D eigenvalue weighted by Crippen LogP contribution is 2.25. The molecule has 0 bridgehead atoms. The number of likely N-dealkylation sites (N-methyl/N-ethyl adjacent to an activating group) is 1. The van der Waals surface area contributed by atoms with Crippen molar-refractivity contribution < 1.29 is 0 Å². The van der Waals surface area contributed by atoms with Gasteiger partial charge in [0.2, 0.25) is 0 Å². The lowest BCUT2D eigenvalue weighted by Gasteiger charge is -2.33. The summed E-state index contributed by atoms with van der Waals surface area (Å²) in [5, 5.41) is 0. The van der Waals surface area contributed by atoms with Crippen LogP contribution in [-0.4, -0.2) is 41.6 Å². The number of nitrogens with zero attached hydrogens (tertiary/aromatic N) is 4. The van der Waals surface area contributed by atoms with Crippen LogP contribution in [0.2, 0.25) is 0 Å². The molecule has 0 amide bonds. The molecule has 3 aliphatic rings. The molecule has 0 aliphatic carbocycles. The molecule has 0 aromatic carbocycles. The fourth-order valence-corrected chi connectivity index (χ4v) is 2.44. The van der Waals surface area contributed by atoms with Crippen molar-refractivity contribution >= 4 is 27.6 Å². The van der Waals surface area contributed by atoms with Crippen LogP contribution >= 0.6 is 15.9 Å². The van der Waals surface area contributed by atoms with E-state index in [1.165, 1.54) is 5.57 Å². The van der Waals surface area contributed by atoms with Gasteiger partial charge in [0.1, 0.15) is 11.7 Å². The van der Waals surface area contributed by atoms with E-state index in [4.69, 9.17) is 0 Å². The monoisotopic (exact) mass is 292 g/mol. The van der Waals surface area contributed by atoms with E-state index in [0.29, 0.717) is 0 Å². The molecule has 0 fully saturated rings. The van der Waals surface area contributed by atoms with E-state index in [1.54, 1.807) is 0 Å². The van der Waals surface area contributed by atoms with Crippen LogP contribution in [0, 0.1) is 0 Å². The summed E-state index contributed by atoms with van der Waals surface area (Å²) in [5.74, 6) is 2.88. The van der Waals surface area contributed by atoms with Crippen molar-refractivity contribution in [3.05, 3.63) is 34.2 Å². The molecule has 3 aliphatic heterocycles. The van der Waals surface area contributed by atoms with Crippen LogP contribution in [0.5, 0.6) is 0 Å². The Balaban J connectivity index is 1.99. The normalized spacial score (nSPS) is 22.9. The summed E-state index contributed by atoms with van der Waals surface area (Å²) in [6.45, 7) is 3.80. The number of fused-ring (bicyclic) bond motifs is 1. The molecular weight excluding hydrogens is 280 g/mol. The van der Waals surface area contributed by atoms with Gasteiger partial charge in [-0.2, -0.15) is 0 Å². The highest BCUT2D eigenvalue weighted by atomic mass is 79.9. The predicted octanol–water partition coefficient (Wildman–Crippen LogP) is 2.08. The third kappa shape index (κ3) is 1.84. The molecule has 3 heterocycles. The van der Waals surface area contributed by atoms with E-state index in [1.807, 2.05) is 19.1 Å². The average Bonchev–Trinajstić information content (AvgIpc) is 2.28. The Kier molecular flexibility index (Phi) is 2.43. The number of halogens is 1. The molecule has 0 aromatic heterocycles. The second-order valence-corrected chi connectivity index (χ2v) is 5.30. The minimum Gasteiger partial charge on any atom is -0.359 e. The minimum atomic E-state index is 0.870. The van der Waals surface area contributed by atoms with Crippen molar-refractivity contribution in [1.29, 1.82) is 0 Å². The summed E-state index contributed by atoms with van der Waals surface area (Å²) in [6, 6.07) is 0. The van der Waals surface area contributed by atoms with Gasteiger partial charge in [-0.15, -0.1) is 0 Å². The van der Waals surface area contributed by atoms with Gasteiger partial charge in [-0.25, -0.2) is 9.98 Å². The maximum absolute atomic E-state index is 4.60. The van der Waals surface area contributed by atoms with Crippen LogP contribution in [0.15, 0.2) is 44.2 Å². The van der Waals surface area contributed by atoms with Gasteiger partial charge in [0.25, 0.3) is 0 Å². The second kappa shape index (κ2) is 3.84. The van der Waals surface area contributed by atoms with Gasteiger partial charge in [0.05, 0.1) is 6.54 Å². The first-order valence-corrected chi connectivity index (χ1v) is 6.32. The zero-order chi connectivity index (χ0) is 12.0. The number of hydrogen-bond acceptors (Lipinski definition) is 4. The fourth-order valence-electron chi connectivity index (χ4n) is 2.06. The fraction of sp³-hybridized carbons (Fsp3) is 0.333. The summed E-state index contributed by atoms with van der Waals surface area (Å²) in [7, 11) is 2.06. The molecule has 0 spiro atoms. The number of hydrogen-bond donors (Lipinski definition) is 0. The van der Waals surface area contributed by atoms with Crippen LogP contribution in [0.3, 0.4) is 0 Å². The Morgan fingerprint density at radius 1 is 1.24 bits per heavy atom. The van der Waals surface area contributed by atoms with Crippen molar-refractivity contribution in [2.75, 3.05) is 20.1 Å². The molecule has 0 radical (unpaired) electrons. The van der Waals surface area contributed by atoms with Crippen molar-refractivity contribution in [2.24, 2.45) is 9.98 Å². The number of aliphatic imine (C=N–C) groups is 2. The molecule has 0 aromatic rings. The molecule has 0 saturated carbocycles. The quantitative estimate of drug-likeness (QED) is 0.685. The first-order valence-electron chi connectivity index (χ1n) is 5.52. The zero-order valence-electron chi connectivity index (χ0n) is 9.81. The summed E-state index contributed by atoms with van der Waals surface area (Å²) < 4.78 is 1.07. The first kappa shape index (κ1) is 10.8. The lowest BCUT2D eigenvalue weighted by Crippen LogP contribution is -2.38. The van der Waals surface area contributed by atoms with Crippen molar-refractivity contribution in [1.82, 2.24) is 9.80 Å². The molecule has 0 saturated heterocycles. The van der Waals surface area contributed by atoms with Gasteiger partial charge < -0.3 is 9.80 Å². The van der Waals surface area contributed by atoms with Crippen molar-refractivity contribution in [2.45, 2.75) is 6.92 Å². The highest BCUT2D eigenvalue weighted by Gasteiger charge is 2.25. The van der Waals surface area contributed by atoms with Gasteiger partial charge in [-0.1, -0.05) is 0 Å². The van der Waals surface area contributed by atoms with Gasteiger partial charge in [-0.3, -0.25) is 0 Å². The maximum atomic E-state index is 4.60. The number of allylic oxidation sites excluding steroid dienone is 2. The van der Waals surface area contributed by atoms with Gasteiger partial charge in [0, 0.05) is 29.8 Å². The van der Waals surface area contributed by atoms with Crippen molar-refractivity contribution in [3.63, 3.8) is 0 Å². The SMILES string of the molecule is CC1=NC2=C(CN1C)CN1C=C(Br)C=CC1=N2. The molecule has 0 unspecified atom stereocenters. The van der Waals surface area contributed by atoms with E-state index in [2.05, 4.69) is 49.0 Å². The van der Waals surface area contributed by atoms with E-state index < -0.39 is 0 Å². The molecule has 5 heteroatoms.